The molecule has 0 aliphatic heterocycles. The number of carboxylic acids is 1. The van der Waals surface area contributed by atoms with E-state index in [1.807, 2.05) is 18.5 Å². The van der Waals surface area contributed by atoms with E-state index in [2.05, 4.69) is 50.4 Å². The third kappa shape index (κ3) is 6.79. The number of carboxylic acid groups (broad SMARTS) is 1. The Balaban J connectivity index is 0.000000493. The highest BCUT2D eigenvalue weighted by molar-refractivity contribution is 5.94. The summed E-state index contributed by atoms with van der Waals surface area (Å²) in [6.07, 6.45) is 4.43. The number of amides is 1. The number of aromatic hydroxyl groups is 1. The van der Waals surface area contributed by atoms with Gasteiger partial charge in [0.25, 0.3) is 5.91 Å². The Kier molecular flexibility index (Phi) is 8.52. The molecule has 0 saturated heterocycles. The number of benzene rings is 2. The number of pyridine rings is 1. The molecule has 1 saturated carbocycles. The molecule has 14 heteroatoms. The zero-order valence-electron chi connectivity index (χ0n) is 22.9. The Morgan fingerprint density at radius 2 is 1.66 bits per heavy atom. The summed E-state index contributed by atoms with van der Waals surface area (Å²) in [6, 6.07) is 12.4. The van der Waals surface area contributed by atoms with Gasteiger partial charge in [-0.3, -0.25) is 9.48 Å². The molecule has 0 radical (unpaired) electrons. The van der Waals surface area contributed by atoms with Crippen molar-refractivity contribution >= 4 is 33.8 Å². The van der Waals surface area contributed by atoms with Crippen LogP contribution in [0.1, 0.15) is 42.1 Å². The quantitative estimate of drug-likeness (QED) is 0.170. The zero-order chi connectivity index (χ0) is 31.6. The number of H-pyrrole nitrogens is 1. The molecule has 44 heavy (non-hydrogen) atoms. The van der Waals surface area contributed by atoms with Crippen molar-refractivity contribution in [2.24, 2.45) is 5.92 Å². The number of hydrogen-bond donors (Lipinski definition) is 4. The van der Waals surface area contributed by atoms with Crippen molar-refractivity contribution in [2.45, 2.75) is 37.9 Å². The Morgan fingerprint density at radius 1 is 0.977 bits per heavy atom. The van der Waals surface area contributed by atoms with Gasteiger partial charge in [0.2, 0.25) is 0 Å². The summed E-state index contributed by atoms with van der Waals surface area (Å²) >= 11 is 0. The average molecular weight is 616 g/mol. The lowest BCUT2D eigenvalue weighted by molar-refractivity contribution is -0.192. The van der Waals surface area contributed by atoms with Crippen LogP contribution in [-0.2, 0) is 4.79 Å². The van der Waals surface area contributed by atoms with Gasteiger partial charge in [0.05, 0.1) is 11.6 Å². The third-order valence-corrected chi connectivity index (χ3v) is 7.52. The molecule has 9 nitrogen and oxygen atoms in total. The minimum atomic E-state index is -5.08. The number of aliphatic carboxylic acids is 1. The Labute approximate surface area is 246 Å². The molecule has 1 aliphatic carbocycles. The second-order valence-corrected chi connectivity index (χ2v) is 10.5. The highest BCUT2D eigenvalue weighted by atomic mass is 19.4. The van der Waals surface area contributed by atoms with Crippen molar-refractivity contribution < 1.29 is 41.8 Å². The summed E-state index contributed by atoms with van der Waals surface area (Å²) in [4.78, 5) is 28.8. The van der Waals surface area contributed by atoms with Gasteiger partial charge in [-0.05, 0) is 67.5 Å². The van der Waals surface area contributed by atoms with Gasteiger partial charge < -0.3 is 20.5 Å². The normalized spacial score (nSPS) is 16.8. The lowest BCUT2D eigenvalue weighted by Gasteiger charge is -2.28. The molecule has 3 aromatic heterocycles. The number of phenolic OH excluding ortho intramolecular Hbond substituents is 1. The van der Waals surface area contributed by atoms with Crippen LogP contribution >= 0.6 is 0 Å². The van der Waals surface area contributed by atoms with E-state index in [1.165, 1.54) is 0 Å². The molecule has 6 rings (SSSR count). The summed E-state index contributed by atoms with van der Waals surface area (Å²) in [7, 11) is 0. The highest BCUT2D eigenvalue weighted by Gasteiger charge is 2.38. The fourth-order valence-electron chi connectivity index (χ4n) is 5.15. The smallest absolute Gasteiger partial charge is 0.490 e. The average Bonchev–Trinajstić information content (AvgIpc) is 3.65. The van der Waals surface area contributed by atoms with E-state index in [1.54, 1.807) is 0 Å². The van der Waals surface area contributed by atoms with Crippen molar-refractivity contribution in [3.05, 3.63) is 78.3 Å². The zero-order valence-corrected chi connectivity index (χ0v) is 22.9. The Hall–Kier alpha value is -5.01. The lowest BCUT2D eigenvalue weighted by Crippen LogP contribution is -2.31. The molecule has 3 heterocycles. The summed E-state index contributed by atoms with van der Waals surface area (Å²) < 4.78 is 60.9. The second-order valence-electron chi connectivity index (χ2n) is 10.5. The number of nitrogens with one attached hydrogen (secondary N) is 2. The van der Waals surface area contributed by atoms with Crippen LogP contribution in [0.2, 0.25) is 0 Å². The van der Waals surface area contributed by atoms with E-state index in [0.717, 1.165) is 70.9 Å². The van der Waals surface area contributed by atoms with Gasteiger partial charge in [0.1, 0.15) is 5.65 Å². The predicted molar refractivity (Wildman–Crippen MR) is 150 cm³/mol. The van der Waals surface area contributed by atoms with Crippen LogP contribution in [0.25, 0.3) is 33.1 Å². The van der Waals surface area contributed by atoms with Crippen molar-refractivity contribution in [3.8, 4) is 16.9 Å². The fourth-order valence-corrected chi connectivity index (χ4v) is 5.15. The third-order valence-electron chi connectivity index (χ3n) is 7.52. The SMILES string of the molecule is O=C(NCC1CCC(n2cc3ccc(-c4cnc5[nH]ccc5c4)cc3n2)CC1)c1cc(F)c(O)c(F)c1.O=C(O)C(F)(F)F. The van der Waals surface area contributed by atoms with E-state index >= 15 is 0 Å². The minimum absolute atomic E-state index is 0.145. The molecule has 1 fully saturated rings. The molecular weight excluding hydrogens is 589 g/mol. The number of carbonyl (C=O) groups is 2. The molecule has 0 bridgehead atoms. The van der Waals surface area contributed by atoms with Gasteiger partial charge in [-0.1, -0.05) is 12.1 Å². The van der Waals surface area contributed by atoms with Gasteiger partial charge in [-0.15, -0.1) is 0 Å². The number of phenols is 1. The first-order valence-corrected chi connectivity index (χ1v) is 13.6. The number of alkyl halides is 3. The topological polar surface area (TPSA) is 133 Å². The van der Waals surface area contributed by atoms with Crippen LogP contribution in [-0.4, -0.2) is 54.6 Å². The van der Waals surface area contributed by atoms with Gasteiger partial charge in [-0.2, -0.15) is 18.3 Å². The van der Waals surface area contributed by atoms with E-state index < -0.39 is 35.4 Å². The van der Waals surface area contributed by atoms with Gasteiger partial charge >= 0.3 is 12.1 Å². The van der Waals surface area contributed by atoms with Crippen LogP contribution in [0, 0.1) is 17.6 Å². The van der Waals surface area contributed by atoms with Crippen molar-refractivity contribution in [1.29, 1.82) is 0 Å². The van der Waals surface area contributed by atoms with Gasteiger partial charge in [0.15, 0.2) is 17.4 Å². The summed E-state index contributed by atoms with van der Waals surface area (Å²) in [6.45, 7) is 0.430. The van der Waals surface area contributed by atoms with Crippen LogP contribution in [0.5, 0.6) is 5.75 Å². The van der Waals surface area contributed by atoms with E-state index in [0.29, 0.717) is 6.54 Å². The Bertz CT molecular complexity index is 1800. The molecular formula is C30H26F5N5O4. The van der Waals surface area contributed by atoms with Crippen LogP contribution < -0.4 is 5.32 Å². The maximum atomic E-state index is 13.5. The molecule has 0 atom stereocenters. The number of aromatic nitrogens is 4. The maximum Gasteiger partial charge on any atom is 0.490 e. The van der Waals surface area contributed by atoms with Gasteiger partial charge in [0, 0.05) is 47.0 Å². The van der Waals surface area contributed by atoms with Gasteiger partial charge in [-0.25, -0.2) is 18.6 Å². The first-order chi connectivity index (χ1) is 20.9. The van der Waals surface area contributed by atoms with E-state index in [9.17, 15) is 31.9 Å². The Morgan fingerprint density at radius 3 is 2.32 bits per heavy atom. The van der Waals surface area contributed by atoms with Crippen molar-refractivity contribution in [2.75, 3.05) is 6.54 Å². The predicted octanol–water partition coefficient (Wildman–Crippen LogP) is 6.36. The van der Waals surface area contributed by atoms with Crippen LogP contribution in [0.15, 0.2) is 61.1 Å². The fraction of sp³-hybridized carbons (Fsp3) is 0.267. The molecule has 1 amide bonds. The first-order valence-electron chi connectivity index (χ1n) is 13.6. The van der Waals surface area contributed by atoms with Crippen LogP contribution in [0.4, 0.5) is 22.0 Å². The van der Waals surface area contributed by atoms with Crippen molar-refractivity contribution in [1.82, 2.24) is 25.1 Å². The molecule has 230 valence electrons. The number of rotatable bonds is 5. The molecule has 1 aliphatic rings. The number of fused-ring (bicyclic) bond motifs is 2. The molecule has 5 aromatic rings. The van der Waals surface area contributed by atoms with E-state index in [-0.39, 0.29) is 17.5 Å². The molecule has 2 aromatic carbocycles. The second kappa shape index (κ2) is 12.3. The highest BCUT2D eigenvalue weighted by Crippen LogP contribution is 2.33. The number of nitrogens with zero attached hydrogens (tertiary/aromatic N) is 3. The lowest BCUT2D eigenvalue weighted by atomic mass is 9.86. The van der Waals surface area contributed by atoms with Crippen molar-refractivity contribution in [3.63, 3.8) is 0 Å². The minimum Gasteiger partial charge on any atom is -0.503 e. The number of halogens is 5. The maximum absolute atomic E-state index is 13.5. The first kappa shape index (κ1) is 30.4. The molecule has 0 spiro atoms. The molecule has 4 N–H and O–H groups in total. The van der Waals surface area contributed by atoms with Crippen LogP contribution in [0.3, 0.4) is 0 Å². The summed E-state index contributed by atoms with van der Waals surface area (Å²) in [5, 5.41) is 26.1. The number of hydrogen-bond acceptors (Lipinski definition) is 5. The summed E-state index contributed by atoms with van der Waals surface area (Å²) in [5.41, 5.74) is 3.78. The number of aromatic amines is 1. The molecule has 0 unspecified atom stereocenters. The monoisotopic (exact) mass is 615 g/mol. The number of carbonyl (C=O) groups excluding carboxylic acids is 1. The summed E-state index contributed by atoms with van der Waals surface area (Å²) in [5.74, 6) is -6.41. The standard InChI is InChI=1S/C28H25F2N5O2.C2HF3O2/c29-23-10-20(11-24(30)26(23)36)28(37)33-13-16-1-5-22(6-2-16)35-15-19-4-3-17(12-25(19)34-35)21-9-18-7-8-31-27(18)32-14-21;3-2(4,5)1(6)7/h3-4,7-12,14-16,22,36H,1-2,5-6,13H2,(H,31,32)(H,33,37);(H,6,7). The largest absolute Gasteiger partial charge is 0.503 e. The van der Waals surface area contributed by atoms with E-state index in [4.69, 9.17) is 15.0 Å².